The van der Waals surface area contributed by atoms with Crippen molar-refractivity contribution in [2.75, 3.05) is 31.1 Å². The van der Waals surface area contributed by atoms with Crippen LogP contribution >= 0.6 is 11.3 Å². The van der Waals surface area contributed by atoms with Crippen molar-refractivity contribution in [2.24, 2.45) is 11.3 Å². The van der Waals surface area contributed by atoms with E-state index in [1.807, 2.05) is 58.9 Å². The molecule has 9 nitrogen and oxygen atoms in total. The molecule has 1 aliphatic carbocycles. The van der Waals surface area contributed by atoms with Crippen LogP contribution in [-0.4, -0.2) is 58.8 Å². The summed E-state index contributed by atoms with van der Waals surface area (Å²) in [6.45, 7) is 13.0. The van der Waals surface area contributed by atoms with E-state index < -0.39 is 5.60 Å². The minimum Gasteiger partial charge on any atom is -0.486 e. The number of carbonyl (C=O) groups excluding carboxylic acids is 2. The number of thiazole rings is 1. The van der Waals surface area contributed by atoms with Crippen LogP contribution in [0.4, 0.5) is 9.93 Å². The first-order chi connectivity index (χ1) is 20.6. The minimum atomic E-state index is -0.520. The lowest BCUT2D eigenvalue weighted by atomic mass is 9.95. The van der Waals surface area contributed by atoms with E-state index in [1.165, 1.54) is 0 Å². The zero-order valence-corrected chi connectivity index (χ0v) is 26.5. The Hall–Kier alpha value is -3.66. The van der Waals surface area contributed by atoms with Gasteiger partial charge in [-0.1, -0.05) is 18.2 Å². The summed E-state index contributed by atoms with van der Waals surface area (Å²) < 4.78 is 17.3. The Morgan fingerprint density at radius 1 is 1.14 bits per heavy atom. The highest BCUT2D eigenvalue weighted by molar-refractivity contribution is 7.14. The van der Waals surface area contributed by atoms with E-state index in [9.17, 15) is 9.59 Å². The van der Waals surface area contributed by atoms with Crippen molar-refractivity contribution in [3.63, 3.8) is 0 Å². The monoisotopic (exact) mass is 604 g/mol. The van der Waals surface area contributed by atoms with Crippen molar-refractivity contribution in [2.45, 2.75) is 72.6 Å². The van der Waals surface area contributed by atoms with Crippen molar-refractivity contribution in [3.8, 4) is 17.0 Å². The summed E-state index contributed by atoms with van der Waals surface area (Å²) in [6.07, 6.45) is 2.12. The molecule has 0 radical (unpaired) electrons. The maximum Gasteiger partial charge on any atom is 0.410 e. The first-order valence-electron chi connectivity index (χ1n) is 15.1. The second-order valence-corrected chi connectivity index (χ2v) is 13.6. The fourth-order valence-electron chi connectivity index (χ4n) is 6.17. The lowest BCUT2D eigenvalue weighted by Crippen LogP contribution is -2.40. The number of anilines is 1. The summed E-state index contributed by atoms with van der Waals surface area (Å²) in [4.78, 5) is 39.0. The second-order valence-electron chi connectivity index (χ2n) is 12.8. The van der Waals surface area contributed by atoms with Crippen LogP contribution in [0.2, 0.25) is 0 Å². The molecular weight excluding hydrogens is 564 g/mol. The number of fused-ring (bicyclic) bond motifs is 2. The number of piperidine rings is 1. The molecule has 0 N–H and O–H groups in total. The Kier molecular flexibility index (Phi) is 7.83. The van der Waals surface area contributed by atoms with Crippen LogP contribution in [0.5, 0.6) is 5.75 Å². The molecule has 1 amide bonds. The number of para-hydroxylation sites is 1. The number of aryl methyl sites for hydroxylation is 1. The van der Waals surface area contributed by atoms with Gasteiger partial charge in [-0.05, 0) is 76.6 Å². The van der Waals surface area contributed by atoms with Gasteiger partial charge >= 0.3 is 12.1 Å². The number of benzene rings is 1. The molecule has 2 fully saturated rings. The molecule has 3 aromatic rings. The average Bonchev–Trinajstić information content (AvgIpc) is 3.52. The van der Waals surface area contributed by atoms with Gasteiger partial charge in [-0.25, -0.2) is 9.78 Å². The van der Waals surface area contributed by atoms with Gasteiger partial charge in [0.2, 0.25) is 0 Å². The van der Waals surface area contributed by atoms with Gasteiger partial charge in [0.05, 0.1) is 30.0 Å². The quantitative estimate of drug-likeness (QED) is 0.296. The van der Waals surface area contributed by atoms with E-state index in [2.05, 4.69) is 16.3 Å². The van der Waals surface area contributed by atoms with Crippen LogP contribution < -0.4 is 9.64 Å². The summed E-state index contributed by atoms with van der Waals surface area (Å²) in [6, 6.07) is 10.1. The predicted molar refractivity (Wildman–Crippen MR) is 165 cm³/mol. The Balaban J connectivity index is 1.11. The van der Waals surface area contributed by atoms with Crippen molar-refractivity contribution in [3.05, 3.63) is 58.2 Å². The molecule has 1 saturated heterocycles. The molecule has 228 valence electrons. The van der Waals surface area contributed by atoms with Crippen LogP contribution in [0.15, 0.2) is 35.7 Å². The number of rotatable bonds is 7. The smallest absolute Gasteiger partial charge is 0.410 e. The van der Waals surface area contributed by atoms with E-state index >= 15 is 0 Å². The average molecular weight is 605 g/mol. The van der Waals surface area contributed by atoms with E-state index in [0.717, 1.165) is 70.6 Å². The molecule has 2 atom stereocenters. The third kappa shape index (κ3) is 6.07. The van der Waals surface area contributed by atoms with Crippen LogP contribution in [0.1, 0.15) is 63.1 Å². The van der Waals surface area contributed by atoms with Gasteiger partial charge in [0.15, 0.2) is 5.13 Å². The van der Waals surface area contributed by atoms with Crippen LogP contribution in [-0.2, 0) is 33.8 Å². The molecular formula is C33H40N4O5S. The van der Waals surface area contributed by atoms with Crippen LogP contribution in [0, 0.1) is 18.3 Å². The molecule has 4 heterocycles. The highest BCUT2D eigenvalue weighted by Crippen LogP contribution is 2.59. The Morgan fingerprint density at radius 3 is 2.74 bits per heavy atom. The van der Waals surface area contributed by atoms with Crippen molar-refractivity contribution in [1.82, 2.24) is 14.9 Å². The van der Waals surface area contributed by atoms with Gasteiger partial charge in [-0.15, -0.1) is 11.3 Å². The first-order valence-corrected chi connectivity index (χ1v) is 16.0. The highest BCUT2D eigenvalue weighted by atomic mass is 32.1. The van der Waals surface area contributed by atoms with Gasteiger partial charge < -0.3 is 24.0 Å². The Morgan fingerprint density at radius 2 is 1.98 bits per heavy atom. The molecule has 10 heteroatoms. The minimum absolute atomic E-state index is 0.0304. The maximum absolute atomic E-state index is 12.5. The SMILES string of the molecule is CCOC(=O)[C@@]12CCN(c3nc(-c4cccc(C)c4OCc4ccc5c(n4)CCN(C(=O)OC(C)(C)C)C5)cs3)CC1C2. The van der Waals surface area contributed by atoms with Crippen molar-refractivity contribution in [1.29, 1.82) is 0 Å². The number of nitrogens with zero attached hydrogens (tertiary/aromatic N) is 4. The highest BCUT2D eigenvalue weighted by Gasteiger charge is 2.63. The molecule has 3 aliphatic rings. The van der Waals surface area contributed by atoms with Gasteiger partial charge in [0, 0.05) is 42.7 Å². The summed E-state index contributed by atoms with van der Waals surface area (Å²) in [5.41, 5.74) is 4.97. The number of carbonyl (C=O) groups is 2. The number of hydrogen-bond acceptors (Lipinski definition) is 9. The molecule has 1 unspecified atom stereocenters. The number of esters is 1. The summed E-state index contributed by atoms with van der Waals surface area (Å²) in [7, 11) is 0. The van der Waals surface area contributed by atoms with E-state index in [1.54, 1.807) is 16.2 Å². The Labute approximate surface area is 257 Å². The molecule has 43 heavy (non-hydrogen) atoms. The van der Waals surface area contributed by atoms with Gasteiger partial charge in [-0.2, -0.15) is 0 Å². The van der Waals surface area contributed by atoms with Gasteiger partial charge in [0.25, 0.3) is 0 Å². The third-order valence-electron chi connectivity index (χ3n) is 8.55. The fourth-order valence-corrected chi connectivity index (χ4v) is 7.03. The summed E-state index contributed by atoms with van der Waals surface area (Å²) in [5, 5.41) is 3.06. The molecule has 0 bridgehead atoms. The number of hydrogen-bond donors (Lipinski definition) is 0. The van der Waals surface area contributed by atoms with Crippen molar-refractivity contribution >= 4 is 28.5 Å². The molecule has 1 aromatic carbocycles. The largest absolute Gasteiger partial charge is 0.486 e. The number of aromatic nitrogens is 2. The molecule has 6 rings (SSSR count). The lowest BCUT2D eigenvalue weighted by molar-refractivity contribution is -0.150. The molecule has 1 saturated carbocycles. The Bertz CT molecular complexity index is 1530. The standard InChI is InChI=1S/C33H40N4O5S/c1-6-40-29(38)33-13-15-36(18-23(33)16-33)30-35-27(20-43-30)25-9-7-8-21(2)28(25)41-19-24-11-10-22-17-37(14-12-26(22)34-24)31(39)42-32(3,4)5/h7-11,20,23H,6,12-19H2,1-5H3/t23?,33-/m1/s1. The number of amides is 1. The third-order valence-corrected chi connectivity index (χ3v) is 9.46. The predicted octanol–water partition coefficient (Wildman–Crippen LogP) is 6.17. The van der Waals surface area contributed by atoms with Gasteiger partial charge in [0.1, 0.15) is 18.0 Å². The maximum atomic E-state index is 12.5. The zero-order chi connectivity index (χ0) is 30.4. The van der Waals surface area contributed by atoms with E-state index in [4.69, 9.17) is 24.2 Å². The van der Waals surface area contributed by atoms with Crippen molar-refractivity contribution < 1.29 is 23.8 Å². The topological polar surface area (TPSA) is 94.1 Å². The second kappa shape index (κ2) is 11.4. The molecule has 2 aliphatic heterocycles. The lowest BCUT2D eigenvalue weighted by Gasteiger charge is -2.31. The van der Waals surface area contributed by atoms with Crippen LogP contribution in [0.3, 0.4) is 0 Å². The molecule has 2 aromatic heterocycles. The number of pyridine rings is 1. The number of ether oxygens (including phenoxy) is 3. The molecule has 0 spiro atoms. The zero-order valence-electron chi connectivity index (χ0n) is 25.6. The summed E-state index contributed by atoms with van der Waals surface area (Å²) in [5.74, 6) is 1.12. The normalized spacial score (nSPS) is 21.1. The summed E-state index contributed by atoms with van der Waals surface area (Å²) >= 11 is 1.63. The fraction of sp³-hybridized carbons (Fsp3) is 0.515. The van der Waals surface area contributed by atoms with E-state index in [0.29, 0.717) is 38.6 Å². The first kappa shape index (κ1) is 29.4. The van der Waals surface area contributed by atoms with Crippen LogP contribution in [0.25, 0.3) is 11.3 Å². The van der Waals surface area contributed by atoms with Gasteiger partial charge in [-0.3, -0.25) is 9.78 Å². The van der Waals surface area contributed by atoms with E-state index in [-0.39, 0.29) is 17.5 Å².